The monoisotopic (exact) mass is 289 g/mol. The van der Waals surface area contributed by atoms with Crippen LogP contribution >= 0.6 is 0 Å². The zero-order valence-electron chi connectivity index (χ0n) is 11.1. The average molecular weight is 289 g/mol. The third kappa shape index (κ3) is 5.67. The molecule has 1 aromatic rings. The molecule has 1 N–H and O–H groups in total. The van der Waals surface area contributed by atoms with E-state index in [2.05, 4.69) is 11.6 Å². The van der Waals surface area contributed by atoms with Gasteiger partial charge in [0.05, 0.1) is 0 Å². The summed E-state index contributed by atoms with van der Waals surface area (Å²) in [6.07, 6.45) is 2.64. The lowest BCUT2D eigenvalue weighted by Gasteiger charge is -2.07. The lowest BCUT2D eigenvalue weighted by molar-refractivity contribution is 0.130. The molecule has 0 spiro atoms. The van der Waals surface area contributed by atoms with E-state index < -0.39 is 15.8 Å². The molecule has 1 rings (SSSR count). The van der Waals surface area contributed by atoms with Gasteiger partial charge in [-0.05, 0) is 25.0 Å². The van der Waals surface area contributed by atoms with Crippen molar-refractivity contribution in [1.82, 2.24) is 4.72 Å². The number of halogens is 1. The zero-order valence-corrected chi connectivity index (χ0v) is 11.9. The molecule has 0 saturated heterocycles. The van der Waals surface area contributed by atoms with Gasteiger partial charge in [0.2, 0.25) is 10.0 Å². The van der Waals surface area contributed by atoms with Crippen LogP contribution in [-0.4, -0.2) is 28.2 Å². The van der Waals surface area contributed by atoms with E-state index in [1.54, 1.807) is 0 Å². The maximum absolute atomic E-state index is 13.4. The van der Waals surface area contributed by atoms with E-state index >= 15 is 0 Å². The minimum atomic E-state index is -3.77. The van der Waals surface area contributed by atoms with Gasteiger partial charge in [-0.25, -0.2) is 17.5 Å². The van der Waals surface area contributed by atoms with Gasteiger partial charge in [0.15, 0.2) is 0 Å². The van der Waals surface area contributed by atoms with Crippen LogP contribution in [-0.2, 0) is 14.8 Å². The lowest BCUT2D eigenvalue weighted by Crippen LogP contribution is -2.26. The first-order chi connectivity index (χ1) is 9.08. The van der Waals surface area contributed by atoms with Gasteiger partial charge in [-0.1, -0.05) is 25.5 Å². The number of hydrogen-bond donors (Lipinski definition) is 1. The molecule has 0 saturated carbocycles. The van der Waals surface area contributed by atoms with Gasteiger partial charge in [0.25, 0.3) is 0 Å². The molecule has 0 atom stereocenters. The van der Waals surface area contributed by atoms with Gasteiger partial charge < -0.3 is 4.74 Å². The lowest BCUT2D eigenvalue weighted by atomic mass is 10.3. The molecule has 108 valence electrons. The fourth-order valence-corrected chi connectivity index (χ4v) is 2.62. The number of unbranched alkanes of at least 4 members (excludes halogenated alkanes) is 1. The van der Waals surface area contributed by atoms with Crippen molar-refractivity contribution in [2.75, 3.05) is 19.8 Å². The fraction of sp³-hybridized carbons (Fsp3) is 0.538. The molecule has 0 heterocycles. The molecule has 0 aliphatic carbocycles. The fourth-order valence-electron chi connectivity index (χ4n) is 1.47. The van der Waals surface area contributed by atoms with Crippen molar-refractivity contribution in [1.29, 1.82) is 0 Å². The topological polar surface area (TPSA) is 55.4 Å². The molecular formula is C13H20FNO3S. The van der Waals surface area contributed by atoms with E-state index in [1.807, 2.05) is 0 Å². The Hall–Kier alpha value is -0.980. The maximum Gasteiger partial charge on any atom is 0.243 e. The summed E-state index contributed by atoms with van der Waals surface area (Å²) in [6, 6.07) is 5.32. The Balaban J connectivity index is 2.34. The van der Waals surface area contributed by atoms with Crippen LogP contribution in [0, 0.1) is 5.82 Å². The first kappa shape index (κ1) is 16.1. The molecule has 0 unspecified atom stereocenters. The van der Waals surface area contributed by atoms with Gasteiger partial charge in [0, 0.05) is 19.8 Å². The summed E-state index contributed by atoms with van der Waals surface area (Å²) >= 11 is 0. The molecule has 0 aliphatic heterocycles. The SMILES string of the molecule is CCCCOCCCNS(=O)(=O)c1ccccc1F. The molecule has 19 heavy (non-hydrogen) atoms. The summed E-state index contributed by atoms with van der Waals surface area (Å²) in [5, 5.41) is 0. The van der Waals surface area contributed by atoms with Crippen LogP contribution < -0.4 is 4.72 Å². The second-order valence-corrected chi connectivity index (χ2v) is 5.88. The summed E-state index contributed by atoms with van der Waals surface area (Å²) < 4.78 is 44.6. The van der Waals surface area contributed by atoms with E-state index in [0.29, 0.717) is 19.6 Å². The molecular weight excluding hydrogens is 269 g/mol. The van der Waals surface area contributed by atoms with Crippen LogP contribution in [0.3, 0.4) is 0 Å². The molecule has 1 aromatic carbocycles. The highest BCUT2D eigenvalue weighted by Gasteiger charge is 2.17. The minimum absolute atomic E-state index is 0.239. The van der Waals surface area contributed by atoms with Crippen molar-refractivity contribution < 1.29 is 17.5 Å². The number of rotatable bonds is 9. The van der Waals surface area contributed by atoms with Crippen molar-refractivity contribution in [3.63, 3.8) is 0 Å². The Morgan fingerprint density at radius 3 is 2.58 bits per heavy atom. The Morgan fingerprint density at radius 2 is 1.89 bits per heavy atom. The molecule has 0 bridgehead atoms. The van der Waals surface area contributed by atoms with Crippen LogP contribution in [0.1, 0.15) is 26.2 Å². The molecule has 0 radical (unpaired) electrons. The Kier molecular flexibility index (Phi) is 6.97. The number of benzene rings is 1. The van der Waals surface area contributed by atoms with Gasteiger partial charge in [-0.15, -0.1) is 0 Å². The summed E-state index contributed by atoms with van der Waals surface area (Å²) in [4.78, 5) is -0.318. The van der Waals surface area contributed by atoms with Crippen molar-refractivity contribution in [2.45, 2.75) is 31.1 Å². The second-order valence-electron chi connectivity index (χ2n) is 4.15. The van der Waals surface area contributed by atoms with E-state index in [1.165, 1.54) is 18.2 Å². The smallest absolute Gasteiger partial charge is 0.243 e. The van der Waals surface area contributed by atoms with Crippen LogP contribution in [0.15, 0.2) is 29.2 Å². The molecule has 0 aliphatic rings. The highest BCUT2D eigenvalue weighted by molar-refractivity contribution is 7.89. The Morgan fingerprint density at radius 1 is 1.21 bits per heavy atom. The summed E-state index contributed by atoms with van der Waals surface area (Å²) in [5.74, 6) is -0.741. The van der Waals surface area contributed by atoms with Gasteiger partial charge >= 0.3 is 0 Å². The quantitative estimate of drug-likeness (QED) is 0.710. The number of sulfonamides is 1. The normalized spacial score (nSPS) is 11.7. The van der Waals surface area contributed by atoms with Crippen LogP contribution in [0.4, 0.5) is 4.39 Å². The molecule has 6 heteroatoms. The van der Waals surface area contributed by atoms with Gasteiger partial charge in [0.1, 0.15) is 10.7 Å². The van der Waals surface area contributed by atoms with Crippen molar-refractivity contribution in [2.24, 2.45) is 0 Å². The highest BCUT2D eigenvalue weighted by atomic mass is 32.2. The Labute approximate surface area is 114 Å². The summed E-state index contributed by atoms with van der Waals surface area (Å²) in [7, 11) is -3.77. The molecule has 0 aromatic heterocycles. The zero-order chi connectivity index (χ0) is 14.1. The second kappa shape index (κ2) is 8.24. The highest BCUT2D eigenvalue weighted by Crippen LogP contribution is 2.12. The van der Waals surface area contributed by atoms with Crippen LogP contribution in [0.25, 0.3) is 0 Å². The number of hydrogen-bond acceptors (Lipinski definition) is 3. The number of ether oxygens (including phenoxy) is 1. The van der Waals surface area contributed by atoms with Crippen molar-refractivity contribution >= 4 is 10.0 Å². The van der Waals surface area contributed by atoms with Crippen molar-refractivity contribution in [3.05, 3.63) is 30.1 Å². The largest absolute Gasteiger partial charge is 0.381 e. The first-order valence-electron chi connectivity index (χ1n) is 6.40. The van der Waals surface area contributed by atoms with Gasteiger partial charge in [-0.3, -0.25) is 0 Å². The molecule has 4 nitrogen and oxygen atoms in total. The predicted octanol–water partition coefficient (Wildman–Crippen LogP) is 2.31. The molecule has 0 amide bonds. The average Bonchev–Trinajstić information content (AvgIpc) is 2.38. The number of nitrogens with one attached hydrogen (secondary N) is 1. The van der Waals surface area contributed by atoms with E-state index in [9.17, 15) is 12.8 Å². The van der Waals surface area contributed by atoms with E-state index in [-0.39, 0.29) is 11.4 Å². The third-order valence-electron chi connectivity index (χ3n) is 2.53. The Bertz CT molecular complexity index is 477. The first-order valence-corrected chi connectivity index (χ1v) is 7.88. The summed E-state index contributed by atoms with van der Waals surface area (Å²) in [5.41, 5.74) is 0. The van der Waals surface area contributed by atoms with Crippen LogP contribution in [0.2, 0.25) is 0 Å². The van der Waals surface area contributed by atoms with Gasteiger partial charge in [-0.2, -0.15) is 0 Å². The summed E-state index contributed by atoms with van der Waals surface area (Å²) in [6.45, 7) is 3.51. The third-order valence-corrected chi connectivity index (χ3v) is 4.02. The minimum Gasteiger partial charge on any atom is -0.381 e. The van der Waals surface area contributed by atoms with Crippen LogP contribution in [0.5, 0.6) is 0 Å². The van der Waals surface area contributed by atoms with E-state index in [4.69, 9.17) is 4.74 Å². The van der Waals surface area contributed by atoms with E-state index in [0.717, 1.165) is 18.9 Å². The standard InChI is InChI=1S/C13H20FNO3S/c1-2-3-10-18-11-6-9-15-19(16,17)13-8-5-4-7-12(13)14/h4-5,7-8,15H,2-3,6,9-11H2,1H3. The molecule has 0 fully saturated rings. The maximum atomic E-state index is 13.4. The predicted molar refractivity (Wildman–Crippen MR) is 71.9 cm³/mol. The van der Waals surface area contributed by atoms with Crippen molar-refractivity contribution in [3.8, 4) is 0 Å².